The summed E-state index contributed by atoms with van der Waals surface area (Å²) in [5.74, 6) is 0.0505. The molecule has 4 nitrogen and oxygen atoms in total. The number of amides is 1. The Hall–Kier alpha value is -1.42. The lowest BCUT2D eigenvalue weighted by molar-refractivity contribution is -0.135. The topological polar surface area (TPSA) is 59.2 Å². The molecule has 1 fully saturated rings. The fourth-order valence-corrected chi connectivity index (χ4v) is 2.01. The van der Waals surface area contributed by atoms with Gasteiger partial charge in [-0.25, -0.2) is 0 Å². The molecule has 0 aliphatic carbocycles. The number of aromatic nitrogens is 1. The average Bonchev–Trinajstić information content (AvgIpc) is 2.25. The van der Waals surface area contributed by atoms with Crippen molar-refractivity contribution in [2.24, 2.45) is 5.73 Å². The van der Waals surface area contributed by atoms with Gasteiger partial charge in [0.05, 0.1) is 18.3 Å². The summed E-state index contributed by atoms with van der Waals surface area (Å²) in [5, 5.41) is 0. The number of piperidine rings is 1. The number of likely N-dealkylation sites (tertiary alicyclic amines) is 1. The minimum Gasteiger partial charge on any atom is -0.335 e. The van der Waals surface area contributed by atoms with Crippen LogP contribution in [0.2, 0.25) is 0 Å². The normalized spacial score (nSPS) is 21.2. The summed E-state index contributed by atoms with van der Waals surface area (Å²) in [6.45, 7) is 3.32. The molecule has 1 aromatic rings. The van der Waals surface area contributed by atoms with Crippen LogP contribution in [-0.2, 0) is 11.3 Å². The molecule has 0 spiro atoms. The van der Waals surface area contributed by atoms with Crippen LogP contribution in [0.25, 0.3) is 0 Å². The number of hydrogen-bond acceptors (Lipinski definition) is 3. The number of nitrogens with two attached hydrogens (primary N) is 1. The highest BCUT2D eigenvalue weighted by atomic mass is 16.2. The molecule has 1 aromatic heterocycles. The fraction of sp³-hybridized carbons (Fsp3) is 0.500. The first-order valence-electron chi connectivity index (χ1n) is 5.64. The molecule has 2 heterocycles. The molecule has 0 aromatic carbocycles. The van der Waals surface area contributed by atoms with Crippen molar-refractivity contribution in [3.63, 3.8) is 0 Å². The zero-order valence-electron chi connectivity index (χ0n) is 9.52. The Labute approximate surface area is 95.5 Å². The molecule has 0 radical (unpaired) electrons. The number of pyridine rings is 1. The standard InChI is InChI=1S/C12H17N3O/c1-9-4-2-5-10(14-9)8-15-7-3-6-11(13)12(15)16/h2,4-5,11H,3,6-8,13H2,1H3. The molecule has 86 valence electrons. The van der Waals surface area contributed by atoms with Crippen LogP contribution < -0.4 is 5.73 Å². The highest BCUT2D eigenvalue weighted by Crippen LogP contribution is 2.13. The average molecular weight is 219 g/mol. The van der Waals surface area contributed by atoms with Crippen LogP contribution in [0.3, 0.4) is 0 Å². The Morgan fingerprint density at radius 1 is 1.56 bits per heavy atom. The van der Waals surface area contributed by atoms with E-state index in [0.29, 0.717) is 6.54 Å². The van der Waals surface area contributed by atoms with Crippen molar-refractivity contribution >= 4 is 5.91 Å². The zero-order valence-corrected chi connectivity index (χ0v) is 9.52. The number of nitrogens with zero attached hydrogens (tertiary/aromatic N) is 2. The van der Waals surface area contributed by atoms with Crippen LogP contribution in [0.15, 0.2) is 18.2 Å². The monoisotopic (exact) mass is 219 g/mol. The van der Waals surface area contributed by atoms with Crippen LogP contribution in [0.5, 0.6) is 0 Å². The van der Waals surface area contributed by atoms with Crippen molar-refractivity contribution < 1.29 is 4.79 Å². The van der Waals surface area contributed by atoms with Crippen LogP contribution in [0.4, 0.5) is 0 Å². The second kappa shape index (κ2) is 4.61. The van der Waals surface area contributed by atoms with Crippen molar-refractivity contribution in [3.05, 3.63) is 29.6 Å². The molecule has 1 amide bonds. The van der Waals surface area contributed by atoms with Crippen molar-refractivity contribution in [1.29, 1.82) is 0 Å². The van der Waals surface area contributed by atoms with Crippen LogP contribution >= 0.6 is 0 Å². The molecule has 2 rings (SSSR count). The zero-order chi connectivity index (χ0) is 11.5. The van der Waals surface area contributed by atoms with Gasteiger partial charge in [0.15, 0.2) is 0 Å². The summed E-state index contributed by atoms with van der Waals surface area (Å²) >= 11 is 0. The van der Waals surface area contributed by atoms with Crippen molar-refractivity contribution in [1.82, 2.24) is 9.88 Å². The lowest BCUT2D eigenvalue weighted by Gasteiger charge is -2.30. The largest absolute Gasteiger partial charge is 0.335 e. The SMILES string of the molecule is Cc1cccc(CN2CCCC(N)C2=O)n1. The quantitative estimate of drug-likeness (QED) is 0.801. The Morgan fingerprint density at radius 3 is 3.12 bits per heavy atom. The summed E-state index contributed by atoms with van der Waals surface area (Å²) in [7, 11) is 0. The van der Waals surface area contributed by atoms with E-state index in [1.54, 1.807) is 4.90 Å². The van der Waals surface area contributed by atoms with Gasteiger partial charge in [-0.05, 0) is 31.9 Å². The summed E-state index contributed by atoms with van der Waals surface area (Å²) in [5.41, 5.74) is 7.65. The predicted octanol–water partition coefficient (Wildman–Crippen LogP) is 0.840. The third kappa shape index (κ3) is 2.39. The van der Waals surface area contributed by atoms with Gasteiger partial charge in [0.1, 0.15) is 0 Å². The fourth-order valence-electron chi connectivity index (χ4n) is 2.01. The predicted molar refractivity (Wildman–Crippen MR) is 61.6 cm³/mol. The van der Waals surface area contributed by atoms with Gasteiger partial charge in [-0.2, -0.15) is 0 Å². The summed E-state index contributed by atoms with van der Waals surface area (Å²) in [6, 6.07) is 5.54. The number of aryl methyl sites for hydroxylation is 1. The highest BCUT2D eigenvalue weighted by molar-refractivity contribution is 5.82. The molecule has 1 saturated heterocycles. The van der Waals surface area contributed by atoms with E-state index < -0.39 is 0 Å². The maximum Gasteiger partial charge on any atom is 0.239 e. The number of carbonyl (C=O) groups is 1. The number of carbonyl (C=O) groups excluding carboxylic acids is 1. The van der Waals surface area contributed by atoms with Crippen LogP contribution in [0, 0.1) is 6.92 Å². The summed E-state index contributed by atoms with van der Waals surface area (Å²) in [6.07, 6.45) is 1.79. The van der Waals surface area contributed by atoms with Gasteiger partial charge in [0.25, 0.3) is 0 Å². The van der Waals surface area contributed by atoms with Gasteiger partial charge >= 0.3 is 0 Å². The molecule has 1 aliphatic heterocycles. The molecule has 0 saturated carbocycles. The summed E-state index contributed by atoms with van der Waals surface area (Å²) < 4.78 is 0. The van der Waals surface area contributed by atoms with E-state index in [2.05, 4.69) is 4.98 Å². The second-order valence-electron chi connectivity index (χ2n) is 4.28. The van der Waals surface area contributed by atoms with E-state index in [-0.39, 0.29) is 11.9 Å². The van der Waals surface area contributed by atoms with Gasteiger partial charge in [0, 0.05) is 12.2 Å². The van der Waals surface area contributed by atoms with E-state index in [1.807, 2.05) is 25.1 Å². The Kier molecular flexibility index (Phi) is 3.19. The molecule has 4 heteroatoms. The lowest BCUT2D eigenvalue weighted by atomic mass is 10.1. The first kappa shape index (κ1) is 11.1. The van der Waals surface area contributed by atoms with Gasteiger partial charge < -0.3 is 10.6 Å². The molecule has 1 atom stereocenters. The van der Waals surface area contributed by atoms with Gasteiger partial charge in [0.2, 0.25) is 5.91 Å². The Morgan fingerprint density at radius 2 is 2.38 bits per heavy atom. The van der Waals surface area contributed by atoms with Crippen LogP contribution in [-0.4, -0.2) is 28.4 Å². The van der Waals surface area contributed by atoms with Gasteiger partial charge in [-0.15, -0.1) is 0 Å². The molecule has 0 bridgehead atoms. The first-order valence-corrected chi connectivity index (χ1v) is 5.64. The molecule has 1 unspecified atom stereocenters. The molecule has 16 heavy (non-hydrogen) atoms. The van der Waals surface area contributed by atoms with Crippen molar-refractivity contribution in [2.75, 3.05) is 6.54 Å². The van der Waals surface area contributed by atoms with Gasteiger partial charge in [-0.1, -0.05) is 6.07 Å². The Balaban J connectivity index is 2.06. The summed E-state index contributed by atoms with van der Waals surface area (Å²) in [4.78, 5) is 18.0. The smallest absolute Gasteiger partial charge is 0.239 e. The van der Waals surface area contributed by atoms with E-state index in [0.717, 1.165) is 30.8 Å². The van der Waals surface area contributed by atoms with E-state index in [4.69, 9.17) is 5.73 Å². The highest BCUT2D eigenvalue weighted by Gasteiger charge is 2.25. The van der Waals surface area contributed by atoms with Gasteiger partial charge in [-0.3, -0.25) is 9.78 Å². The second-order valence-corrected chi connectivity index (χ2v) is 4.28. The molecular weight excluding hydrogens is 202 g/mol. The van der Waals surface area contributed by atoms with Crippen molar-refractivity contribution in [2.45, 2.75) is 32.4 Å². The lowest BCUT2D eigenvalue weighted by Crippen LogP contribution is -2.47. The molecule has 1 aliphatic rings. The minimum atomic E-state index is -0.321. The maximum atomic E-state index is 11.8. The van der Waals surface area contributed by atoms with E-state index >= 15 is 0 Å². The first-order chi connectivity index (χ1) is 7.66. The molecule has 2 N–H and O–H groups in total. The molecular formula is C12H17N3O. The maximum absolute atomic E-state index is 11.8. The van der Waals surface area contributed by atoms with Crippen LogP contribution in [0.1, 0.15) is 24.2 Å². The third-order valence-electron chi connectivity index (χ3n) is 2.87. The number of rotatable bonds is 2. The Bertz CT molecular complexity index is 392. The number of hydrogen-bond donors (Lipinski definition) is 1. The van der Waals surface area contributed by atoms with E-state index in [1.165, 1.54) is 0 Å². The van der Waals surface area contributed by atoms with E-state index in [9.17, 15) is 4.79 Å². The minimum absolute atomic E-state index is 0.0505. The third-order valence-corrected chi connectivity index (χ3v) is 2.87. The van der Waals surface area contributed by atoms with Crippen molar-refractivity contribution in [3.8, 4) is 0 Å².